The summed E-state index contributed by atoms with van der Waals surface area (Å²) in [5.41, 5.74) is 0.788. The molecule has 0 aliphatic heterocycles. The maximum atomic E-state index is 6.42. The minimum Gasteiger partial charge on any atom is -0.457 e. The highest BCUT2D eigenvalue weighted by Crippen LogP contribution is 2.25. The smallest absolute Gasteiger partial charge is 0.178 e. The Labute approximate surface area is 86.7 Å². The molecule has 0 aliphatic carbocycles. The van der Waals surface area contributed by atoms with Crippen LogP contribution >= 0.6 is 0 Å². The van der Waals surface area contributed by atoms with Gasteiger partial charge in [0.1, 0.15) is 0 Å². The van der Waals surface area contributed by atoms with Crippen LogP contribution in [0.2, 0.25) is 30.2 Å². The van der Waals surface area contributed by atoms with Crippen LogP contribution in [-0.4, -0.2) is 17.4 Å². The van der Waals surface area contributed by atoms with Gasteiger partial charge in [0.15, 0.2) is 17.4 Å². The quantitative estimate of drug-likeness (QED) is 0.617. The van der Waals surface area contributed by atoms with Gasteiger partial charge in [-0.3, -0.25) is 0 Å². The van der Waals surface area contributed by atoms with E-state index >= 15 is 0 Å². The molecule has 0 amide bonds. The Morgan fingerprint density at radius 1 is 1.08 bits per heavy atom. The van der Waals surface area contributed by atoms with Gasteiger partial charge in [-0.05, 0) is 30.2 Å². The van der Waals surface area contributed by atoms with Gasteiger partial charge in [-0.2, -0.15) is 0 Å². The fourth-order valence-electron chi connectivity index (χ4n) is 1.53. The van der Waals surface area contributed by atoms with Crippen LogP contribution in [0.1, 0.15) is 34.6 Å². The topological polar surface area (TPSA) is 9.23 Å². The number of hydrogen-bond acceptors (Lipinski definition) is 1. The Hall–Kier alpha value is 0.394. The highest BCUT2D eigenvalue weighted by Gasteiger charge is 2.31. The lowest BCUT2D eigenvalue weighted by atomic mass is 10.6. The average Bonchev–Trinajstić information content (AvgIpc) is 2.14. The van der Waals surface area contributed by atoms with Gasteiger partial charge in [0.2, 0.25) is 0 Å². The third kappa shape index (κ3) is 3.96. The summed E-state index contributed by atoms with van der Waals surface area (Å²) in [5, 5.41) is 0. The lowest BCUT2D eigenvalue weighted by Crippen LogP contribution is -2.41. The second kappa shape index (κ2) is 5.99. The fourth-order valence-corrected chi connectivity index (χ4v) is 9.27. The second-order valence-corrected chi connectivity index (χ2v) is 12.5. The lowest BCUT2D eigenvalue weighted by Gasteiger charge is -2.33. The van der Waals surface area contributed by atoms with Gasteiger partial charge >= 0.3 is 0 Å². The first kappa shape index (κ1) is 13.4. The van der Waals surface area contributed by atoms with E-state index in [1.165, 1.54) is 18.1 Å². The summed E-state index contributed by atoms with van der Waals surface area (Å²) in [7, 11) is -2.17. The van der Waals surface area contributed by atoms with E-state index in [0.717, 1.165) is 5.54 Å². The largest absolute Gasteiger partial charge is 0.457 e. The molecule has 0 bridgehead atoms. The molecule has 0 saturated carbocycles. The van der Waals surface area contributed by atoms with E-state index < -0.39 is 17.4 Å². The van der Waals surface area contributed by atoms with Crippen molar-refractivity contribution in [1.82, 2.24) is 0 Å². The van der Waals surface area contributed by atoms with Gasteiger partial charge in [-0.1, -0.05) is 34.6 Å². The molecule has 0 fully saturated rings. The van der Waals surface area contributed by atoms with Crippen molar-refractivity contribution in [3.8, 4) is 0 Å². The molecule has 13 heavy (non-hydrogen) atoms. The highest BCUT2D eigenvalue weighted by molar-refractivity contribution is 6.80. The fraction of sp³-hybridized carbons (Fsp3) is 1.00. The van der Waals surface area contributed by atoms with E-state index in [2.05, 4.69) is 41.2 Å². The Balaban J connectivity index is 4.24. The summed E-state index contributed by atoms with van der Waals surface area (Å²) in [4.78, 5) is 0. The molecule has 0 heterocycles. The summed E-state index contributed by atoms with van der Waals surface area (Å²) in [6.45, 7) is 13.9. The van der Waals surface area contributed by atoms with Crippen molar-refractivity contribution < 1.29 is 4.12 Å². The molecule has 3 heteroatoms. The Kier molecular flexibility index (Phi) is 6.17. The zero-order chi connectivity index (χ0) is 10.5. The third-order valence-corrected chi connectivity index (χ3v) is 12.5. The molecular formula is C10H26OSi2. The van der Waals surface area contributed by atoms with Crippen molar-refractivity contribution in [2.24, 2.45) is 0 Å². The van der Waals surface area contributed by atoms with Crippen LogP contribution in [-0.2, 0) is 4.12 Å². The van der Waals surface area contributed by atoms with Crippen LogP contribution in [0.5, 0.6) is 0 Å². The molecule has 1 unspecified atom stereocenters. The zero-order valence-corrected chi connectivity index (χ0v) is 12.3. The molecule has 80 valence electrons. The number of hydrogen-bond donors (Lipinski definition) is 0. The van der Waals surface area contributed by atoms with Crippen molar-refractivity contribution in [3.63, 3.8) is 0 Å². The van der Waals surface area contributed by atoms with Gasteiger partial charge in [0.05, 0.1) is 0 Å². The van der Waals surface area contributed by atoms with Crippen LogP contribution in [0.15, 0.2) is 0 Å². The molecule has 0 aromatic heterocycles. The summed E-state index contributed by atoms with van der Waals surface area (Å²) in [5.74, 6) is 0. The predicted molar refractivity (Wildman–Crippen MR) is 66.4 cm³/mol. The molecule has 0 spiro atoms. The summed E-state index contributed by atoms with van der Waals surface area (Å²) in [6, 6.07) is 3.89. The highest BCUT2D eigenvalue weighted by atomic mass is 28.4. The van der Waals surface area contributed by atoms with Crippen molar-refractivity contribution in [3.05, 3.63) is 0 Å². The second-order valence-electron chi connectivity index (χ2n) is 4.31. The van der Waals surface area contributed by atoms with Crippen molar-refractivity contribution in [2.75, 3.05) is 0 Å². The molecule has 0 radical (unpaired) electrons. The van der Waals surface area contributed by atoms with Crippen molar-refractivity contribution in [2.45, 2.75) is 64.8 Å². The van der Waals surface area contributed by atoms with Crippen LogP contribution < -0.4 is 0 Å². The lowest BCUT2D eigenvalue weighted by molar-refractivity contribution is 0.534. The first-order chi connectivity index (χ1) is 6.01. The van der Waals surface area contributed by atoms with E-state index in [9.17, 15) is 0 Å². The van der Waals surface area contributed by atoms with Gasteiger partial charge in [-0.25, -0.2) is 0 Å². The van der Waals surface area contributed by atoms with Crippen molar-refractivity contribution in [1.29, 1.82) is 0 Å². The number of rotatable bonds is 6. The first-order valence-corrected chi connectivity index (χ1v) is 10.5. The van der Waals surface area contributed by atoms with Crippen LogP contribution in [0.25, 0.3) is 0 Å². The SMILES string of the molecule is CC[Si](CC)(CC)O[SiH](C)C(C)C. The third-order valence-electron chi connectivity index (χ3n) is 3.31. The molecule has 0 aromatic carbocycles. The van der Waals surface area contributed by atoms with Gasteiger partial charge < -0.3 is 4.12 Å². The predicted octanol–water partition coefficient (Wildman–Crippen LogP) is 3.77. The maximum absolute atomic E-state index is 6.42. The minimum absolute atomic E-state index is 0.788. The van der Waals surface area contributed by atoms with E-state index in [4.69, 9.17) is 4.12 Å². The molecule has 1 atom stereocenters. The summed E-state index contributed by atoms with van der Waals surface area (Å²) in [6.07, 6.45) is 0. The van der Waals surface area contributed by atoms with E-state index in [1.54, 1.807) is 0 Å². The van der Waals surface area contributed by atoms with Crippen molar-refractivity contribution >= 4 is 17.4 Å². The van der Waals surface area contributed by atoms with Gasteiger partial charge in [0.25, 0.3) is 0 Å². The van der Waals surface area contributed by atoms with Gasteiger partial charge in [0, 0.05) is 0 Å². The molecule has 0 aliphatic rings. The standard InChI is InChI=1S/C10H26OSi2/c1-7-13(8-2,9-3)11-12(6)10(4)5/h10,12H,7-9H2,1-6H3. The van der Waals surface area contributed by atoms with Crippen LogP contribution in [0.3, 0.4) is 0 Å². The van der Waals surface area contributed by atoms with Gasteiger partial charge in [-0.15, -0.1) is 0 Å². The zero-order valence-electron chi connectivity index (χ0n) is 10.2. The maximum Gasteiger partial charge on any atom is 0.178 e. The average molecular weight is 218 g/mol. The summed E-state index contributed by atoms with van der Waals surface area (Å²) < 4.78 is 6.42. The van der Waals surface area contributed by atoms with Crippen LogP contribution in [0, 0.1) is 0 Å². The monoisotopic (exact) mass is 218 g/mol. The van der Waals surface area contributed by atoms with E-state index in [-0.39, 0.29) is 0 Å². The molecular weight excluding hydrogens is 192 g/mol. The molecule has 0 rings (SSSR count). The molecule has 0 saturated heterocycles. The van der Waals surface area contributed by atoms with Crippen LogP contribution in [0.4, 0.5) is 0 Å². The first-order valence-electron chi connectivity index (χ1n) is 5.69. The Bertz CT molecular complexity index is 125. The Morgan fingerprint density at radius 2 is 1.46 bits per heavy atom. The van der Waals surface area contributed by atoms with E-state index in [0.29, 0.717) is 0 Å². The summed E-state index contributed by atoms with van der Waals surface area (Å²) >= 11 is 0. The van der Waals surface area contributed by atoms with E-state index in [1.807, 2.05) is 0 Å². The molecule has 1 nitrogen and oxygen atoms in total. The molecule has 0 N–H and O–H groups in total. The molecule has 0 aromatic rings. The Morgan fingerprint density at radius 3 is 1.69 bits per heavy atom. The minimum atomic E-state index is -1.28. The normalized spacial score (nSPS) is 15.0.